The van der Waals surface area contributed by atoms with E-state index in [1.807, 2.05) is 0 Å². The van der Waals surface area contributed by atoms with Crippen LogP contribution in [-0.4, -0.2) is 19.5 Å². The standard InChI is InChI=1S/C3H6F3NO/c1-8-3(5,6)2(4)7/h2H,7H2,1H3. The maximum Gasteiger partial charge on any atom is 0.399 e. The number of hydrogen-bond donors (Lipinski definition) is 1. The molecule has 0 fully saturated rings. The molecule has 0 rings (SSSR count). The fourth-order valence-corrected chi connectivity index (χ4v) is 0.113. The van der Waals surface area contributed by atoms with Crippen LogP contribution in [0.5, 0.6) is 0 Å². The first-order valence-corrected chi connectivity index (χ1v) is 1.83. The molecule has 0 aliphatic heterocycles. The van der Waals surface area contributed by atoms with Crippen molar-refractivity contribution in [1.29, 1.82) is 0 Å². The summed E-state index contributed by atoms with van der Waals surface area (Å²) in [5.74, 6) is 0. The summed E-state index contributed by atoms with van der Waals surface area (Å²) in [7, 11) is 0.680. The topological polar surface area (TPSA) is 35.2 Å². The molecule has 2 nitrogen and oxygen atoms in total. The smallest absolute Gasteiger partial charge is 0.320 e. The van der Waals surface area contributed by atoms with Crippen molar-refractivity contribution < 1.29 is 17.9 Å². The first-order chi connectivity index (χ1) is 3.50. The number of alkyl halides is 3. The quantitative estimate of drug-likeness (QED) is 0.550. The Morgan fingerprint density at radius 2 is 2.00 bits per heavy atom. The second-order valence-electron chi connectivity index (χ2n) is 1.17. The van der Waals surface area contributed by atoms with E-state index in [0.29, 0.717) is 7.11 Å². The third-order valence-electron chi connectivity index (χ3n) is 0.593. The molecule has 0 aromatic heterocycles. The van der Waals surface area contributed by atoms with E-state index in [-0.39, 0.29) is 0 Å². The first-order valence-electron chi connectivity index (χ1n) is 1.83. The second-order valence-corrected chi connectivity index (χ2v) is 1.17. The number of nitrogens with two attached hydrogens (primary N) is 1. The van der Waals surface area contributed by atoms with E-state index in [2.05, 4.69) is 10.5 Å². The maximum atomic E-state index is 11.6. The summed E-state index contributed by atoms with van der Waals surface area (Å²) in [6.45, 7) is 0. The average molecular weight is 129 g/mol. The lowest BCUT2D eigenvalue weighted by molar-refractivity contribution is -0.257. The molecule has 1 atom stereocenters. The van der Waals surface area contributed by atoms with Gasteiger partial charge in [0.15, 0.2) is 0 Å². The minimum absolute atomic E-state index is 0.680. The van der Waals surface area contributed by atoms with E-state index in [1.165, 1.54) is 0 Å². The van der Waals surface area contributed by atoms with Crippen LogP contribution in [0.1, 0.15) is 0 Å². The van der Waals surface area contributed by atoms with Gasteiger partial charge in [-0.1, -0.05) is 0 Å². The van der Waals surface area contributed by atoms with E-state index >= 15 is 0 Å². The molecule has 0 aromatic rings. The molecule has 1 unspecified atom stereocenters. The summed E-state index contributed by atoms with van der Waals surface area (Å²) in [4.78, 5) is 0. The normalized spacial score (nSPS) is 16.1. The van der Waals surface area contributed by atoms with Gasteiger partial charge in [-0.05, 0) is 0 Å². The van der Waals surface area contributed by atoms with Crippen molar-refractivity contribution in [3.63, 3.8) is 0 Å². The highest BCUT2D eigenvalue weighted by atomic mass is 19.3. The second kappa shape index (κ2) is 2.32. The largest absolute Gasteiger partial charge is 0.399 e. The molecule has 0 aliphatic rings. The van der Waals surface area contributed by atoms with Crippen molar-refractivity contribution in [2.24, 2.45) is 5.73 Å². The lowest BCUT2D eigenvalue weighted by Crippen LogP contribution is -2.38. The van der Waals surface area contributed by atoms with Gasteiger partial charge in [-0.25, -0.2) is 4.39 Å². The van der Waals surface area contributed by atoms with Crippen LogP contribution in [0.3, 0.4) is 0 Å². The van der Waals surface area contributed by atoms with Gasteiger partial charge in [0.2, 0.25) is 6.30 Å². The van der Waals surface area contributed by atoms with Crippen LogP contribution in [0.25, 0.3) is 0 Å². The molecule has 0 saturated carbocycles. The molecule has 5 heteroatoms. The summed E-state index contributed by atoms with van der Waals surface area (Å²) < 4.78 is 37.9. The Morgan fingerprint density at radius 1 is 1.62 bits per heavy atom. The highest BCUT2D eigenvalue weighted by Gasteiger charge is 2.37. The fourth-order valence-electron chi connectivity index (χ4n) is 0.113. The van der Waals surface area contributed by atoms with Gasteiger partial charge in [-0.15, -0.1) is 0 Å². The van der Waals surface area contributed by atoms with Gasteiger partial charge in [-0.3, -0.25) is 5.73 Å². The number of methoxy groups -OCH3 is 1. The fraction of sp³-hybridized carbons (Fsp3) is 1.00. The van der Waals surface area contributed by atoms with Crippen molar-refractivity contribution in [3.8, 4) is 0 Å². The Hall–Kier alpha value is -0.290. The molecular formula is C3H6F3NO. The Labute approximate surface area is 44.4 Å². The van der Waals surface area contributed by atoms with Crippen LogP contribution < -0.4 is 5.73 Å². The Kier molecular flexibility index (Phi) is 2.24. The van der Waals surface area contributed by atoms with Gasteiger partial charge < -0.3 is 4.74 Å². The summed E-state index contributed by atoms with van der Waals surface area (Å²) >= 11 is 0. The minimum Gasteiger partial charge on any atom is -0.320 e. The van der Waals surface area contributed by atoms with E-state index in [0.717, 1.165) is 0 Å². The lowest BCUT2D eigenvalue weighted by Gasteiger charge is -2.13. The molecule has 0 radical (unpaired) electrons. The van der Waals surface area contributed by atoms with Gasteiger partial charge in [-0.2, -0.15) is 8.78 Å². The van der Waals surface area contributed by atoms with Crippen molar-refractivity contribution in [3.05, 3.63) is 0 Å². The van der Waals surface area contributed by atoms with Crippen molar-refractivity contribution in [2.45, 2.75) is 12.4 Å². The summed E-state index contributed by atoms with van der Waals surface area (Å²) in [5, 5.41) is 0. The summed E-state index contributed by atoms with van der Waals surface area (Å²) in [6, 6.07) is 0. The average Bonchev–Trinajstić information content (AvgIpc) is 1.67. The van der Waals surface area contributed by atoms with Crippen LogP contribution in [0.2, 0.25) is 0 Å². The predicted molar refractivity (Wildman–Crippen MR) is 21.0 cm³/mol. The first kappa shape index (κ1) is 7.71. The monoisotopic (exact) mass is 129 g/mol. The third kappa shape index (κ3) is 1.67. The molecule has 0 aliphatic carbocycles. The maximum absolute atomic E-state index is 11.6. The minimum atomic E-state index is -3.85. The van der Waals surface area contributed by atoms with Crippen LogP contribution in [0.15, 0.2) is 0 Å². The zero-order valence-corrected chi connectivity index (χ0v) is 4.20. The highest BCUT2D eigenvalue weighted by molar-refractivity contribution is 4.56. The van der Waals surface area contributed by atoms with Crippen molar-refractivity contribution >= 4 is 0 Å². The Balaban J connectivity index is 3.71. The van der Waals surface area contributed by atoms with E-state index in [9.17, 15) is 13.2 Å². The van der Waals surface area contributed by atoms with Crippen LogP contribution in [0.4, 0.5) is 13.2 Å². The lowest BCUT2D eigenvalue weighted by atomic mass is 10.6. The number of ether oxygens (including phenoxy) is 1. The molecule has 0 spiro atoms. The van der Waals surface area contributed by atoms with Gasteiger partial charge >= 0.3 is 6.11 Å². The zero-order chi connectivity index (χ0) is 6.78. The molecule has 50 valence electrons. The molecule has 0 heterocycles. The number of halogens is 3. The van der Waals surface area contributed by atoms with Crippen LogP contribution in [-0.2, 0) is 4.74 Å². The molecule has 0 aromatic carbocycles. The predicted octanol–water partition coefficient (Wildman–Crippen LogP) is 0.480. The van der Waals surface area contributed by atoms with Crippen molar-refractivity contribution in [1.82, 2.24) is 0 Å². The molecule has 0 amide bonds. The van der Waals surface area contributed by atoms with Crippen LogP contribution in [0, 0.1) is 0 Å². The van der Waals surface area contributed by atoms with Gasteiger partial charge in [0.25, 0.3) is 0 Å². The molecule has 0 bridgehead atoms. The summed E-state index contributed by atoms with van der Waals surface area (Å²) in [6.07, 6.45) is -6.59. The van der Waals surface area contributed by atoms with E-state index < -0.39 is 12.4 Å². The van der Waals surface area contributed by atoms with Crippen molar-refractivity contribution in [2.75, 3.05) is 7.11 Å². The number of rotatable bonds is 2. The molecule has 2 N–H and O–H groups in total. The van der Waals surface area contributed by atoms with E-state index in [1.54, 1.807) is 0 Å². The highest BCUT2D eigenvalue weighted by Crippen LogP contribution is 2.17. The summed E-state index contributed by atoms with van der Waals surface area (Å²) in [5.41, 5.74) is 4.14. The van der Waals surface area contributed by atoms with E-state index in [4.69, 9.17) is 0 Å². The van der Waals surface area contributed by atoms with Crippen LogP contribution >= 0.6 is 0 Å². The molecular weight excluding hydrogens is 123 g/mol. The van der Waals surface area contributed by atoms with Gasteiger partial charge in [0, 0.05) is 7.11 Å². The van der Waals surface area contributed by atoms with Gasteiger partial charge in [0.1, 0.15) is 0 Å². The van der Waals surface area contributed by atoms with Gasteiger partial charge in [0.05, 0.1) is 0 Å². The SMILES string of the molecule is COC(F)(F)C(N)F. The molecule has 8 heavy (non-hydrogen) atoms. The number of hydrogen-bond acceptors (Lipinski definition) is 2. The Bertz CT molecular complexity index is 74.9. The third-order valence-corrected chi connectivity index (χ3v) is 0.593. The Morgan fingerprint density at radius 3 is 2.00 bits per heavy atom. The molecule has 0 saturated heterocycles. The zero-order valence-electron chi connectivity index (χ0n) is 4.20.